The Morgan fingerprint density at radius 3 is 2.75 bits per heavy atom. The Morgan fingerprint density at radius 2 is 2.00 bits per heavy atom. The molecule has 0 spiro atoms. The van der Waals surface area contributed by atoms with E-state index in [0.29, 0.717) is 24.3 Å². The van der Waals surface area contributed by atoms with Crippen molar-refractivity contribution in [2.75, 3.05) is 4.90 Å². The summed E-state index contributed by atoms with van der Waals surface area (Å²) in [5, 5.41) is 0. The molecule has 3 rings (SSSR count). The van der Waals surface area contributed by atoms with Crippen molar-refractivity contribution in [2.24, 2.45) is 4.40 Å². The number of hydrogen-bond donors (Lipinski definition) is 0. The van der Waals surface area contributed by atoms with E-state index in [9.17, 15) is 13.2 Å². The number of furan rings is 1. The Hall–Kier alpha value is -2.41. The van der Waals surface area contributed by atoms with Crippen molar-refractivity contribution in [3.8, 4) is 0 Å². The van der Waals surface area contributed by atoms with Gasteiger partial charge in [-0.1, -0.05) is 12.1 Å². The summed E-state index contributed by atoms with van der Waals surface area (Å²) in [4.78, 5) is 12.4. The zero-order chi connectivity index (χ0) is 14.2. The molecule has 1 aromatic heterocycles. The first-order valence-corrected chi connectivity index (χ1v) is 7.24. The number of para-hydroxylation sites is 1. The number of anilines is 1. The van der Waals surface area contributed by atoms with Crippen LogP contribution in [0.15, 0.2) is 50.1 Å². The highest BCUT2D eigenvalue weighted by atomic mass is 32.2. The predicted molar refractivity (Wildman–Crippen MR) is 72.4 cm³/mol. The molecule has 1 aromatic carbocycles. The van der Waals surface area contributed by atoms with E-state index >= 15 is 0 Å². The van der Waals surface area contributed by atoms with Crippen molar-refractivity contribution in [2.45, 2.75) is 11.4 Å². The van der Waals surface area contributed by atoms with Gasteiger partial charge in [-0.3, -0.25) is 4.79 Å². The first kappa shape index (κ1) is 12.6. The van der Waals surface area contributed by atoms with Crippen molar-refractivity contribution >= 4 is 28.3 Å². The molecule has 0 N–H and O–H groups in total. The van der Waals surface area contributed by atoms with E-state index in [1.54, 1.807) is 35.2 Å². The quantitative estimate of drug-likeness (QED) is 0.806. The molecular formula is C13H10N2O4S. The van der Waals surface area contributed by atoms with Crippen LogP contribution in [0.25, 0.3) is 0 Å². The molecule has 0 aliphatic carbocycles. The number of fused-ring (bicyclic) bond motifs is 1. The van der Waals surface area contributed by atoms with Crippen molar-refractivity contribution in [3.63, 3.8) is 0 Å². The van der Waals surface area contributed by atoms with E-state index in [-0.39, 0.29) is 10.7 Å². The number of carbonyl (C=O) groups excluding carboxylic acids is 1. The minimum absolute atomic E-state index is 0.157. The van der Waals surface area contributed by atoms with Gasteiger partial charge in [-0.25, -0.2) is 0 Å². The minimum Gasteiger partial charge on any atom is -0.456 e. The lowest BCUT2D eigenvalue weighted by molar-refractivity contribution is 0.109. The molecule has 0 saturated heterocycles. The second kappa shape index (κ2) is 4.61. The molecule has 0 saturated carbocycles. The van der Waals surface area contributed by atoms with Crippen LogP contribution in [0.1, 0.15) is 16.3 Å². The largest absolute Gasteiger partial charge is 0.456 e. The number of nitrogens with zero attached hydrogens (tertiary/aromatic N) is 2. The number of sulfonamides is 1. The Balaban J connectivity index is 1.97. The molecule has 0 bridgehead atoms. The van der Waals surface area contributed by atoms with Crippen molar-refractivity contribution in [3.05, 3.63) is 47.9 Å². The number of hydrogen-bond acceptors (Lipinski definition) is 5. The molecule has 7 heteroatoms. The monoisotopic (exact) mass is 290 g/mol. The van der Waals surface area contributed by atoms with Gasteiger partial charge in [0.2, 0.25) is 0 Å². The molecule has 1 aliphatic rings. The Kier molecular flexibility index (Phi) is 2.90. The van der Waals surface area contributed by atoms with Crippen LogP contribution in [0.4, 0.5) is 5.69 Å². The fraction of sp³-hybridized carbons (Fsp3) is 0.0769. The second-order valence-corrected chi connectivity index (χ2v) is 5.81. The van der Waals surface area contributed by atoms with Gasteiger partial charge >= 0.3 is 0 Å². The third-order valence-corrected chi connectivity index (χ3v) is 4.18. The summed E-state index contributed by atoms with van der Waals surface area (Å²) in [7, 11) is -3.63. The number of benzene rings is 1. The van der Waals surface area contributed by atoms with Gasteiger partial charge in [0.1, 0.15) is 17.0 Å². The van der Waals surface area contributed by atoms with Gasteiger partial charge in [-0.05, 0) is 24.3 Å². The van der Waals surface area contributed by atoms with Crippen LogP contribution in [0.2, 0.25) is 0 Å². The van der Waals surface area contributed by atoms with Crippen molar-refractivity contribution < 1.29 is 17.6 Å². The van der Waals surface area contributed by atoms with E-state index in [2.05, 4.69) is 4.40 Å². The van der Waals surface area contributed by atoms with Gasteiger partial charge in [0, 0.05) is 0 Å². The average molecular weight is 290 g/mol. The average Bonchev–Trinajstić information content (AvgIpc) is 2.90. The van der Waals surface area contributed by atoms with E-state index in [1.807, 2.05) is 0 Å². The highest BCUT2D eigenvalue weighted by Crippen LogP contribution is 2.30. The molecular weight excluding hydrogens is 280 g/mol. The smallest absolute Gasteiger partial charge is 0.285 e. The summed E-state index contributed by atoms with van der Waals surface area (Å²) in [6, 6.07) is 9.83. The topological polar surface area (TPSA) is 80.0 Å². The fourth-order valence-electron chi connectivity index (χ4n) is 1.99. The summed E-state index contributed by atoms with van der Waals surface area (Å²) in [6.07, 6.45) is 1.87. The van der Waals surface area contributed by atoms with Crippen LogP contribution in [0.3, 0.4) is 0 Å². The summed E-state index contributed by atoms with van der Waals surface area (Å²) in [6.45, 7) is 0.296. The summed E-state index contributed by atoms with van der Waals surface area (Å²) >= 11 is 0. The van der Waals surface area contributed by atoms with Crippen LogP contribution in [0.5, 0.6) is 0 Å². The second-order valence-electron chi connectivity index (χ2n) is 4.21. The highest BCUT2D eigenvalue weighted by molar-refractivity contribution is 7.90. The molecule has 0 fully saturated rings. The van der Waals surface area contributed by atoms with Gasteiger partial charge in [-0.2, -0.15) is 8.42 Å². The summed E-state index contributed by atoms with van der Waals surface area (Å²) in [5.74, 6) is 0.780. The van der Waals surface area contributed by atoms with Crippen molar-refractivity contribution in [1.82, 2.24) is 0 Å². The van der Waals surface area contributed by atoms with Crippen LogP contribution in [-0.2, 0) is 16.6 Å². The third kappa shape index (κ3) is 2.12. The van der Waals surface area contributed by atoms with Gasteiger partial charge in [0.15, 0.2) is 12.0 Å². The molecule has 0 radical (unpaired) electrons. The van der Waals surface area contributed by atoms with Gasteiger partial charge in [0.25, 0.3) is 10.0 Å². The lowest BCUT2D eigenvalue weighted by Crippen LogP contribution is -2.26. The summed E-state index contributed by atoms with van der Waals surface area (Å²) in [5.41, 5.74) is 0.534. The van der Waals surface area contributed by atoms with E-state index in [0.717, 1.165) is 0 Å². The Bertz CT molecular complexity index is 792. The van der Waals surface area contributed by atoms with Crippen LogP contribution >= 0.6 is 0 Å². The van der Waals surface area contributed by atoms with Gasteiger partial charge in [0.05, 0.1) is 12.2 Å². The van der Waals surface area contributed by atoms with E-state index in [1.165, 1.54) is 12.4 Å². The van der Waals surface area contributed by atoms with Crippen LogP contribution < -0.4 is 4.90 Å². The first-order valence-electron chi connectivity index (χ1n) is 5.80. The highest BCUT2D eigenvalue weighted by Gasteiger charge is 2.25. The predicted octanol–water partition coefficient (Wildman–Crippen LogP) is 1.83. The number of carbonyl (C=O) groups is 1. The third-order valence-electron chi connectivity index (χ3n) is 2.90. The van der Waals surface area contributed by atoms with Crippen LogP contribution in [-0.4, -0.2) is 21.0 Å². The van der Waals surface area contributed by atoms with Crippen LogP contribution in [0, 0.1) is 0 Å². The zero-order valence-corrected chi connectivity index (χ0v) is 11.1. The minimum atomic E-state index is -3.63. The first-order chi connectivity index (χ1) is 9.60. The molecule has 102 valence electrons. The molecule has 2 aromatic rings. The zero-order valence-electron chi connectivity index (χ0n) is 10.3. The number of rotatable bonds is 3. The molecule has 1 aliphatic heterocycles. The number of aldehydes is 1. The van der Waals surface area contributed by atoms with E-state index < -0.39 is 10.0 Å². The molecule has 2 heterocycles. The fourth-order valence-corrected chi connectivity index (χ4v) is 3.04. The lowest BCUT2D eigenvalue weighted by atomic mass is 10.3. The maximum Gasteiger partial charge on any atom is 0.285 e. The molecule has 20 heavy (non-hydrogen) atoms. The Morgan fingerprint density at radius 1 is 1.20 bits per heavy atom. The van der Waals surface area contributed by atoms with Gasteiger partial charge in [-0.15, -0.1) is 4.40 Å². The lowest BCUT2D eigenvalue weighted by Gasteiger charge is -2.23. The van der Waals surface area contributed by atoms with Crippen molar-refractivity contribution in [1.29, 1.82) is 0 Å². The molecule has 0 atom stereocenters. The molecule has 0 unspecified atom stereocenters. The Labute approximate surface area is 115 Å². The maximum absolute atomic E-state index is 11.8. The van der Waals surface area contributed by atoms with E-state index in [4.69, 9.17) is 4.42 Å². The molecule has 0 amide bonds. The standard InChI is InChI=1S/C13H10N2O4S/c16-8-11-6-5-10(19-11)7-15-9-14-20(17,18)13-4-2-1-3-12(13)15/h1-6,8-9H,7H2. The maximum atomic E-state index is 11.8. The normalized spacial score (nSPS) is 15.9. The molecule has 6 nitrogen and oxygen atoms in total. The SMILES string of the molecule is O=Cc1ccc(CN2C=NS(=O)(=O)c3ccccc32)o1. The van der Waals surface area contributed by atoms with Gasteiger partial charge < -0.3 is 9.32 Å². The summed E-state index contributed by atoms with van der Waals surface area (Å²) < 4.78 is 32.5.